The van der Waals surface area contributed by atoms with Crippen LogP contribution in [0.3, 0.4) is 0 Å². The predicted octanol–water partition coefficient (Wildman–Crippen LogP) is 2.37. The molecule has 0 saturated heterocycles. The summed E-state index contributed by atoms with van der Waals surface area (Å²) in [6.45, 7) is 4.46. The van der Waals surface area contributed by atoms with E-state index in [1.165, 1.54) is 0 Å². The topological polar surface area (TPSA) is 90.7 Å². The number of nitrogens with zero attached hydrogens (tertiary/aromatic N) is 4. The van der Waals surface area contributed by atoms with Gasteiger partial charge in [-0.2, -0.15) is 4.98 Å². The van der Waals surface area contributed by atoms with E-state index >= 15 is 0 Å². The molecule has 0 bridgehead atoms. The maximum absolute atomic E-state index is 5.53. The zero-order valence-corrected chi connectivity index (χ0v) is 12.6. The highest BCUT2D eigenvalue weighted by Crippen LogP contribution is 2.24. The Morgan fingerprint density at radius 2 is 1.90 bits per heavy atom. The Morgan fingerprint density at radius 1 is 1.14 bits per heavy atom. The number of thiazole rings is 1. The first-order chi connectivity index (χ1) is 10.2. The van der Waals surface area contributed by atoms with Crippen LogP contribution in [0.15, 0.2) is 22.0 Å². The van der Waals surface area contributed by atoms with Crippen molar-refractivity contribution < 1.29 is 4.52 Å². The van der Waals surface area contributed by atoms with Crippen LogP contribution in [0, 0.1) is 13.8 Å². The van der Waals surface area contributed by atoms with Crippen LogP contribution in [0.5, 0.6) is 0 Å². The summed E-state index contributed by atoms with van der Waals surface area (Å²) in [5.74, 6) is 0.976. The third-order valence-electron chi connectivity index (χ3n) is 2.89. The second-order valence-corrected chi connectivity index (χ2v) is 5.67. The van der Waals surface area contributed by atoms with Crippen LogP contribution in [-0.4, -0.2) is 26.7 Å². The molecule has 0 aliphatic rings. The van der Waals surface area contributed by atoms with Crippen LogP contribution in [0.4, 0.5) is 0 Å². The Bertz CT molecular complexity index is 744. The molecule has 0 saturated carbocycles. The summed E-state index contributed by atoms with van der Waals surface area (Å²) in [7, 11) is 0. The van der Waals surface area contributed by atoms with Crippen LogP contribution in [-0.2, 0) is 6.42 Å². The van der Waals surface area contributed by atoms with Crippen LogP contribution < -0.4 is 5.73 Å². The van der Waals surface area contributed by atoms with E-state index in [1.54, 1.807) is 11.3 Å². The number of hydrogen-bond acceptors (Lipinski definition) is 7. The molecule has 7 heteroatoms. The summed E-state index contributed by atoms with van der Waals surface area (Å²) >= 11 is 1.55. The molecule has 0 fully saturated rings. The van der Waals surface area contributed by atoms with Crippen molar-refractivity contribution in [1.29, 1.82) is 0 Å². The monoisotopic (exact) mass is 301 g/mol. The van der Waals surface area contributed by atoms with Crippen molar-refractivity contribution in [3.05, 3.63) is 33.9 Å². The molecular weight excluding hydrogens is 286 g/mol. The molecule has 0 aromatic carbocycles. The Hall–Kier alpha value is -2.12. The average Bonchev–Trinajstić information content (AvgIpc) is 3.06. The number of rotatable bonds is 4. The van der Waals surface area contributed by atoms with Gasteiger partial charge < -0.3 is 10.3 Å². The van der Waals surface area contributed by atoms with Gasteiger partial charge in [0.1, 0.15) is 5.69 Å². The van der Waals surface area contributed by atoms with E-state index < -0.39 is 0 Å². The summed E-state index contributed by atoms with van der Waals surface area (Å²) in [5, 5.41) is 6.91. The van der Waals surface area contributed by atoms with Gasteiger partial charge >= 0.3 is 0 Å². The molecule has 0 amide bonds. The lowest BCUT2D eigenvalue weighted by molar-refractivity contribution is 0.431. The Kier molecular flexibility index (Phi) is 3.76. The molecule has 0 atom stereocenters. The first-order valence-electron chi connectivity index (χ1n) is 6.60. The van der Waals surface area contributed by atoms with Gasteiger partial charge in [-0.3, -0.25) is 4.98 Å². The zero-order chi connectivity index (χ0) is 14.8. The lowest BCUT2D eigenvalue weighted by Crippen LogP contribution is -2.01. The number of hydrogen-bond donors (Lipinski definition) is 1. The molecule has 0 unspecified atom stereocenters. The van der Waals surface area contributed by atoms with Crippen molar-refractivity contribution in [3.8, 4) is 23.0 Å². The zero-order valence-electron chi connectivity index (χ0n) is 11.8. The summed E-state index contributed by atoms with van der Waals surface area (Å²) in [6, 6.07) is 3.87. The fraction of sp³-hybridized carbons (Fsp3) is 0.286. The van der Waals surface area contributed by atoms with Gasteiger partial charge in [0.2, 0.25) is 5.82 Å². The largest absolute Gasteiger partial charge is 0.332 e. The van der Waals surface area contributed by atoms with Crippen molar-refractivity contribution in [1.82, 2.24) is 20.1 Å². The first kappa shape index (κ1) is 13.8. The minimum Gasteiger partial charge on any atom is -0.332 e. The third kappa shape index (κ3) is 2.98. The van der Waals surface area contributed by atoms with Crippen molar-refractivity contribution >= 4 is 11.3 Å². The molecule has 0 spiro atoms. The summed E-state index contributed by atoms with van der Waals surface area (Å²) < 4.78 is 5.31. The molecule has 0 radical (unpaired) electrons. The highest BCUT2D eigenvalue weighted by Gasteiger charge is 2.14. The van der Waals surface area contributed by atoms with Crippen molar-refractivity contribution in [3.63, 3.8) is 0 Å². The Balaban J connectivity index is 1.91. The molecule has 3 aromatic heterocycles. The van der Waals surface area contributed by atoms with E-state index in [0.717, 1.165) is 28.4 Å². The maximum Gasteiger partial charge on any atom is 0.277 e. The fourth-order valence-corrected chi connectivity index (χ4v) is 2.84. The maximum atomic E-state index is 5.53. The highest BCUT2D eigenvalue weighted by molar-refractivity contribution is 7.09. The molecule has 3 rings (SSSR count). The van der Waals surface area contributed by atoms with Crippen LogP contribution in [0.1, 0.15) is 16.4 Å². The van der Waals surface area contributed by atoms with E-state index in [9.17, 15) is 0 Å². The fourth-order valence-electron chi connectivity index (χ4n) is 2.06. The standard InChI is InChI=1S/C14H15N5OS/c1-8-5-10(6-9(2)16-8)13-18-14(20-19-13)11-7-21-12(17-11)3-4-15/h5-7H,3-4,15H2,1-2H3. The summed E-state index contributed by atoms with van der Waals surface area (Å²) in [5.41, 5.74) is 8.97. The van der Waals surface area contributed by atoms with Gasteiger partial charge in [0.15, 0.2) is 0 Å². The predicted molar refractivity (Wildman–Crippen MR) is 80.9 cm³/mol. The van der Waals surface area contributed by atoms with Gasteiger partial charge in [0.25, 0.3) is 5.89 Å². The number of pyridine rings is 1. The lowest BCUT2D eigenvalue weighted by Gasteiger charge is -1.98. The van der Waals surface area contributed by atoms with Gasteiger partial charge in [-0.1, -0.05) is 5.16 Å². The Labute approximate surface area is 126 Å². The quantitative estimate of drug-likeness (QED) is 0.795. The lowest BCUT2D eigenvalue weighted by atomic mass is 10.2. The van der Waals surface area contributed by atoms with E-state index in [0.29, 0.717) is 24.0 Å². The normalized spacial score (nSPS) is 11.0. The molecule has 108 valence electrons. The second kappa shape index (κ2) is 5.71. The summed E-state index contributed by atoms with van der Waals surface area (Å²) in [4.78, 5) is 13.2. The second-order valence-electron chi connectivity index (χ2n) is 4.73. The van der Waals surface area contributed by atoms with Crippen LogP contribution >= 0.6 is 11.3 Å². The van der Waals surface area contributed by atoms with Crippen LogP contribution in [0.2, 0.25) is 0 Å². The van der Waals surface area contributed by atoms with E-state index in [-0.39, 0.29) is 0 Å². The first-order valence-corrected chi connectivity index (χ1v) is 7.48. The van der Waals surface area contributed by atoms with E-state index in [2.05, 4.69) is 20.1 Å². The van der Waals surface area contributed by atoms with Crippen LogP contribution in [0.25, 0.3) is 23.0 Å². The van der Waals surface area contributed by atoms with Gasteiger partial charge in [0.05, 0.1) is 5.01 Å². The molecule has 0 aliphatic heterocycles. The minimum atomic E-state index is 0.427. The summed E-state index contributed by atoms with van der Waals surface area (Å²) in [6.07, 6.45) is 0.758. The van der Waals surface area contributed by atoms with Crippen molar-refractivity contribution in [2.75, 3.05) is 6.54 Å². The molecule has 21 heavy (non-hydrogen) atoms. The van der Waals surface area contributed by atoms with Crippen molar-refractivity contribution in [2.24, 2.45) is 5.73 Å². The van der Waals surface area contributed by atoms with Gasteiger partial charge in [0, 0.05) is 28.8 Å². The van der Waals surface area contributed by atoms with E-state index in [1.807, 2.05) is 31.4 Å². The third-order valence-corrected chi connectivity index (χ3v) is 3.80. The number of aryl methyl sites for hydroxylation is 2. The molecule has 6 nitrogen and oxygen atoms in total. The molecule has 2 N–H and O–H groups in total. The highest BCUT2D eigenvalue weighted by atomic mass is 32.1. The molecular formula is C14H15N5OS. The van der Waals surface area contributed by atoms with Gasteiger partial charge in [-0.25, -0.2) is 4.98 Å². The Morgan fingerprint density at radius 3 is 2.62 bits per heavy atom. The van der Waals surface area contributed by atoms with Crippen molar-refractivity contribution in [2.45, 2.75) is 20.3 Å². The van der Waals surface area contributed by atoms with Gasteiger partial charge in [-0.15, -0.1) is 11.3 Å². The number of nitrogens with two attached hydrogens (primary N) is 1. The average molecular weight is 301 g/mol. The van der Waals surface area contributed by atoms with E-state index in [4.69, 9.17) is 10.3 Å². The molecule has 3 heterocycles. The minimum absolute atomic E-state index is 0.427. The molecule has 0 aliphatic carbocycles. The number of aromatic nitrogens is 4. The smallest absolute Gasteiger partial charge is 0.277 e. The molecule has 3 aromatic rings. The van der Waals surface area contributed by atoms with Gasteiger partial charge in [-0.05, 0) is 32.5 Å². The SMILES string of the molecule is Cc1cc(-c2noc(-c3csc(CCN)n3)n2)cc(C)n1.